The van der Waals surface area contributed by atoms with Gasteiger partial charge in [0.05, 0.1) is 19.3 Å². The number of nitrogens with zero attached hydrogens (tertiary/aromatic N) is 2. The van der Waals surface area contributed by atoms with Crippen LogP contribution in [0.2, 0.25) is 0 Å². The highest BCUT2D eigenvalue weighted by atomic mass is 127. The molecule has 1 aromatic heterocycles. The van der Waals surface area contributed by atoms with Crippen LogP contribution in [0.1, 0.15) is 11.3 Å². The monoisotopic (exact) mass is 518 g/mol. The predicted octanol–water partition coefficient (Wildman–Crippen LogP) is 4.41. The van der Waals surface area contributed by atoms with Crippen LogP contribution in [-0.2, 0) is 13.0 Å². The number of rotatable bonds is 8. The third-order valence-corrected chi connectivity index (χ3v) is 4.31. The molecule has 7 heteroatoms. The molecule has 1 heterocycles. The standard InChI is InChI=1S/C23H26N4O2.HI/c1-24-23(27-17-19-5-3-4-15-25-19)26-16-14-18-6-8-21(9-7-18)29-22-12-10-20(28-2)11-13-22;/h3-13,15H,14,16-17H2,1-2H3,(H2,24,26,27);1H. The van der Waals surface area contributed by atoms with Crippen LogP contribution in [0, 0.1) is 0 Å². The van der Waals surface area contributed by atoms with Crippen LogP contribution in [0.5, 0.6) is 17.2 Å². The Balaban J connectivity index is 0.00000320. The van der Waals surface area contributed by atoms with Crippen LogP contribution < -0.4 is 20.1 Å². The molecule has 3 rings (SSSR count). The van der Waals surface area contributed by atoms with Crippen LogP contribution >= 0.6 is 24.0 Å². The lowest BCUT2D eigenvalue weighted by molar-refractivity contribution is 0.413. The van der Waals surface area contributed by atoms with Gasteiger partial charge in [-0.25, -0.2) is 0 Å². The van der Waals surface area contributed by atoms with Gasteiger partial charge < -0.3 is 20.1 Å². The summed E-state index contributed by atoms with van der Waals surface area (Å²) in [6, 6.07) is 21.5. The molecule has 0 atom stereocenters. The molecule has 0 fully saturated rings. The second-order valence-corrected chi connectivity index (χ2v) is 6.35. The summed E-state index contributed by atoms with van der Waals surface area (Å²) < 4.78 is 11.0. The quantitative estimate of drug-likeness (QED) is 0.263. The minimum absolute atomic E-state index is 0. The van der Waals surface area contributed by atoms with Gasteiger partial charge in [-0.15, -0.1) is 24.0 Å². The Morgan fingerprint density at radius 2 is 1.57 bits per heavy atom. The van der Waals surface area contributed by atoms with Crippen molar-refractivity contribution in [2.24, 2.45) is 4.99 Å². The van der Waals surface area contributed by atoms with E-state index in [4.69, 9.17) is 9.47 Å². The number of guanidine groups is 1. The molecular weight excluding hydrogens is 491 g/mol. The fourth-order valence-electron chi connectivity index (χ4n) is 2.73. The number of aromatic nitrogens is 1. The van der Waals surface area contributed by atoms with Gasteiger partial charge in [0.15, 0.2) is 5.96 Å². The molecular formula is C23H27IN4O2. The van der Waals surface area contributed by atoms with Gasteiger partial charge in [0.1, 0.15) is 17.2 Å². The maximum Gasteiger partial charge on any atom is 0.191 e. The lowest BCUT2D eigenvalue weighted by Crippen LogP contribution is -2.38. The average molecular weight is 518 g/mol. The van der Waals surface area contributed by atoms with Crippen molar-refractivity contribution in [3.8, 4) is 17.2 Å². The number of aliphatic imine (C=N–C) groups is 1. The molecule has 30 heavy (non-hydrogen) atoms. The molecule has 0 radical (unpaired) electrons. The van der Waals surface area contributed by atoms with Crippen molar-refractivity contribution in [3.05, 3.63) is 84.2 Å². The number of hydrogen-bond donors (Lipinski definition) is 2. The molecule has 2 N–H and O–H groups in total. The molecule has 0 amide bonds. The summed E-state index contributed by atoms with van der Waals surface area (Å²) in [5, 5.41) is 6.59. The van der Waals surface area contributed by atoms with Crippen LogP contribution in [0.4, 0.5) is 0 Å². The summed E-state index contributed by atoms with van der Waals surface area (Å²) in [5.74, 6) is 3.16. The fourth-order valence-corrected chi connectivity index (χ4v) is 2.73. The highest BCUT2D eigenvalue weighted by molar-refractivity contribution is 14.0. The van der Waals surface area contributed by atoms with E-state index in [2.05, 4.69) is 32.7 Å². The first-order valence-corrected chi connectivity index (χ1v) is 9.52. The normalized spacial score (nSPS) is 10.7. The van der Waals surface area contributed by atoms with Gasteiger partial charge in [-0.3, -0.25) is 9.98 Å². The Labute approximate surface area is 194 Å². The summed E-state index contributed by atoms with van der Waals surface area (Å²) in [6.07, 6.45) is 2.67. The summed E-state index contributed by atoms with van der Waals surface area (Å²) in [5.41, 5.74) is 2.20. The zero-order chi connectivity index (χ0) is 20.3. The molecule has 0 aliphatic rings. The zero-order valence-electron chi connectivity index (χ0n) is 17.2. The van der Waals surface area contributed by atoms with E-state index in [0.29, 0.717) is 6.54 Å². The largest absolute Gasteiger partial charge is 0.497 e. The number of nitrogens with one attached hydrogen (secondary N) is 2. The first-order valence-electron chi connectivity index (χ1n) is 9.52. The summed E-state index contributed by atoms with van der Waals surface area (Å²) in [7, 11) is 3.41. The van der Waals surface area contributed by atoms with Gasteiger partial charge in [-0.1, -0.05) is 18.2 Å². The van der Waals surface area contributed by atoms with Crippen molar-refractivity contribution in [2.45, 2.75) is 13.0 Å². The minimum atomic E-state index is 0. The number of halogens is 1. The highest BCUT2D eigenvalue weighted by Gasteiger charge is 2.01. The van der Waals surface area contributed by atoms with Crippen molar-refractivity contribution in [1.29, 1.82) is 0 Å². The van der Waals surface area contributed by atoms with E-state index < -0.39 is 0 Å². The van der Waals surface area contributed by atoms with Crippen LogP contribution in [0.15, 0.2) is 77.9 Å². The van der Waals surface area contributed by atoms with E-state index in [1.807, 2.05) is 54.6 Å². The maximum atomic E-state index is 5.86. The Kier molecular flexibility index (Phi) is 9.93. The average Bonchev–Trinajstić information content (AvgIpc) is 2.78. The Morgan fingerprint density at radius 1 is 0.900 bits per heavy atom. The second kappa shape index (κ2) is 12.7. The van der Waals surface area contributed by atoms with Crippen molar-refractivity contribution >= 4 is 29.9 Å². The van der Waals surface area contributed by atoms with Gasteiger partial charge in [-0.2, -0.15) is 0 Å². The topological polar surface area (TPSA) is 67.8 Å². The van der Waals surface area contributed by atoms with E-state index in [9.17, 15) is 0 Å². The number of pyridine rings is 1. The van der Waals surface area contributed by atoms with E-state index in [0.717, 1.165) is 41.9 Å². The molecule has 0 aliphatic heterocycles. The van der Waals surface area contributed by atoms with Gasteiger partial charge in [0, 0.05) is 19.8 Å². The van der Waals surface area contributed by atoms with Crippen molar-refractivity contribution < 1.29 is 9.47 Å². The van der Waals surface area contributed by atoms with Gasteiger partial charge in [-0.05, 0) is 60.5 Å². The van der Waals surface area contributed by atoms with Crippen LogP contribution in [0.25, 0.3) is 0 Å². The number of methoxy groups -OCH3 is 1. The van der Waals surface area contributed by atoms with E-state index >= 15 is 0 Å². The van der Waals surface area contributed by atoms with Crippen LogP contribution in [0.3, 0.4) is 0 Å². The zero-order valence-corrected chi connectivity index (χ0v) is 19.5. The van der Waals surface area contributed by atoms with E-state index in [1.165, 1.54) is 5.56 Å². The molecule has 158 valence electrons. The number of hydrogen-bond acceptors (Lipinski definition) is 4. The lowest BCUT2D eigenvalue weighted by Gasteiger charge is -2.12. The summed E-state index contributed by atoms with van der Waals surface area (Å²) >= 11 is 0. The molecule has 0 saturated heterocycles. The third-order valence-electron chi connectivity index (χ3n) is 4.31. The van der Waals surface area contributed by atoms with Crippen LogP contribution in [-0.4, -0.2) is 31.6 Å². The maximum absolute atomic E-state index is 5.86. The third kappa shape index (κ3) is 7.55. The van der Waals surface area contributed by atoms with E-state index in [-0.39, 0.29) is 24.0 Å². The van der Waals surface area contributed by atoms with Crippen molar-refractivity contribution in [1.82, 2.24) is 15.6 Å². The summed E-state index contributed by atoms with van der Waals surface area (Å²) in [6.45, 7) is 1.42. The SMILES string of the molecule is CN=C(NCCc1ccc(Oc2ccc(OC)cc2)cc1)NCc1ccccn1.I. The van der Waals surface area contributed by atoms with Gasteiger partial charge in [0.25, 0.3) is 0 Å². The molecule has 0 spiro atoms. The van der Waals surface area contributed by atoms with Gasteiger partial charge >= 0.3 is 0 Å². The molecule has 6 nitrogen and oxygen atoms in total. The summed E-state index contributed by atoms with van der Waals surface area (Å²) in [4.78, 5) is 8.54. The first kappa shape index (κ1) is 23.5. The second-order valence-electron chi connectivity index (χ2n) is 6.35. The molecule has 0 unspecified atom stereocenters. The highest BCUT2D eigenvalue weighted by Crippen LogP contribution is 2.24. The number of ether oxygens (including phenoxy) is 2. The predicted molar refractivity (Wildman–Crippen MR) is 131 cm³/mol. The Morgan fingerprint density at radius 3 is 2.17 bits per heavy atom. The molecule has 0 bridgehead atoms. The lowest BCUT2D eigenvalue weighted by atomic mass is 10.1. The van der Waals surface area contributed by atoms with Crippen molar-refractivity contribution in [3.63, 3.8) is 0 Å². The van der Waals surface area contributed by atoms with Gasteiger partial charge in [0.2, 0.25) is 0 Å². The first-order chi connectivity index (χ1) is 14.3. The fraction of sp³-hybridized carbons (Fsp3) is 0.217. The molecule has 0 saturated carbocycles. The smallest absolute Gasteiger partial charge is 0.191 e. The molecule has 3 aromatic rings. The minimum Gasteiger partial charge on any atom is -0.497 e. The van der Waals surface area contributed by atoms with E-state index in [1.54, 1.807) is 20.4 Å². The Bertz CT molecular complexity index is 901. The molecule has 0 aliphatic carbocycles. The molecule has 2 aromatic carbocycles. The van der Waals surface area contributed by atoms with Crippen molar-refractivity contribution in [2.75, 3.05) is 20.7 Å². The number of benzene rings is 2. The Hall–Kier alpha value is -2.81.